The van der Waals surface area contributed by atoms with Crippen LogP contribution in [0.2, 0.25) is 0 Å². The van der Waals surface area contributed by atoms with Crippen molar-refractivity contribution < 1.29 is 4.74 Å². The summed E-state index contributed by atoms with van der Waals surface area (Å²) in [6.45, 7) is 0. The number of imidazole rings is 1. The Balaban J connectivity index is 2.41. The van der Waals surface area contributed by atoms with E-state index in [1.54, 1.807) is 13.3 Å². The number of hydrogen-bond donors (Lipinski definition) is 1. The highest BCUT2D eigenvalue weighted by Gasteiger charge is 2.16. The number of para-hydroxylation sites is 1. The van der Waals surface area contributed by atoms with E-state index in [2.05, 4.69) is 4.98 Å². The lowest BCUT2D eigenvalue weighted by molar-refractivity contribution is 0.407. The molecule has 0 saturated heterocycles. The van der Waals surface area contributed by atoms with E-state index in [0.717, 1.165) is 17.1 Å². The number of nitrogens with two attached hydrogens (primary N) is 1. The van der Waals surface area contributed by atoms with E-state index in [0.29, 0.717) is 0 Å². The van der Waals surface area contributed by atoms with Crippen molar-refractivity contribution in [1.29, 1.82) is 0 Å². The van der Waals surface area contributed by atoms with Crippen LogP contribution in [0.1, 0.15) is 17.4 Å². The molecule has 4 heteroatoms. The van der Waals surface area contributed by atoms with Gasteiger partial charge in [-0.2, -0.15) is 0 Å². The molecule has 1 unspecified atom stereocenters. The second-order valence-electron chi connectivity index (χ2n) is 3.62. The standard InChI is InChI=1S/C12H15N3O/c1-15-8-7-14-12(15)11(13)9-5-3-4-6-10(9)16-2/h3-8,11H,13H2,1-2H3. The predicted molar refractivity (Wildman–Crippen MR) is 62.2 cm³/mol. The molecule has 0 aliphatic heterocycles. The summed E-state index contributed by atoms with van der Waals surface area (Å²) in [5, 5.41) is 0. The molecule has 1 aromatic heterocycles. The molecule has 2 N–H and O–H groups in total. The fourth-order valence-corrected chi connectivity index (χ4v) is 1.74. The summed E-state index contributed by atoms with van der Waals surface area (Å²) in [6, 6.07) is 7.46. The van der Waals surface area contributed by atoms with Gasteiger partial charge in [-0.1, -0.05) is 18.2 Å². The first-order chi connectivity index (χ1) is 7.74. The van der Waals surface area contributed by atoms with E-state index in [9.17, 15) is 0 Å². The van der Waals surface area contributed by atoms with Crippen molar-refractivity contribution in [3.05, 3.63) is 48.0 Å². The molecule has 0 aliphatic rings. The molecule has 4 nitrogen and oxygen atoms in total. The molecule has 0 saturated carbocycles. The van der Waals surface area contributed by atoms with Gasteiger partial charge in [0, 0.05) is 25.0 Å². The van der Waals surface area contributed by atoms with Crippen LogP contribution in [0.15, 0.2) is 36.7 Å². The van der Waals surface area contributed by atoms with Crippen LogP contribution in [-0.4, -0.2) is 16.7 Å². The maximum absolute atomic E-state index is 6.17. The number of nitrogens with zero attached hydrogens (tertiary/aromatic N) is 2. The summed E-state index contributed by atoms with van der Waals surface area (Å²) >= 11 is 0. The van der Waals surface area contributed by atoms with Crippen molar-refractivity contribution >= 4 is 0 Å². The van der Waals surface area contributed by atoms with Gasteiger partial charge in [0.25, 0.3) is 0 Å². The zero-order valence-corrected chi connectivity index (χ0v) is 9.42. The molecule has 1 heterocycles. The van der Waals surface area contributed by atoms with Crippen LogP contribution in [-0.2, 0) is 7.05 Å². The van der Waals surface area contributed by atoms with Gasteiger partial charge in [0.2, 0.25) is 0 Å². The highest BCUT2D eigenvalue weighted by molar-refractivity contribution is 5.38. The van der Waals surface area contributed by atoms with Crippen LogP contribution in [0.25, 0.3) is 0 Å². The average molecular weight is 217 g/mol. The molecule has 16 heavy (non-hydrogen) atoms. The monoisotopic (exact) mass is 217 g/mol. The first-order valence-corrected chi connectivity index (χ1v) is 5.09. The molecule has 2 aromatic rings. The predicted octanol–water partition coefficient (Wildman–Crippen LogP) is 1.48. The Morgan fingerprint density at radius 2 is 2.12 bits per heavy atom. The van der Waals surface area contributed by atoms with Crippen LogP contribution in [0.3, 0.4) is 0 Å². The molecule has 0 aliphatic carbocycles. The minimum absolute atomic E-state index is 0.267. The zero-order chi connectivity index (χ0) is 11.5. The summed E-state index contributed by atoms with van der Waals surface area (Å²) in [6.07, 6.45) is 3.62. The lowest BCUT2D eigenvalue weighted by atomic mass is 10.1. The van der Waals surface area contributed by atoms with Crippen molar-refractivity contribution in [2.75, 3.05) is 7.11 Å². The topological polar surface area (TPSA) is 53.1 Å². The van der Waals surface area contributed by atoms with E-state index in [1.165, 1.54) is 0 Å². The van der Waals surface area contributed by atoms with Crippen LogP contribution in [0, 0.1) is 0 Å². The van der Waals surface area contributed by atoms with E-state index >= 15 is 0 Å². The molecule has 0 radical (unpaired) electrons. The summed E-state index contributed by atoms with van der Waals surface area (Å²) in [5.74, 6) is 1.61. The van der Waals surface area contributed by atoms with Crippen LogP contribution in [0.4, 0.5) is 0 Å². The summed E-state index contributed by atoms with van der Waals surface area (Å²) in [7, 11) is 3.57. The van der Waals surface area contributed by atoms with E-state index in [1.807, 2.05) is 42.1 Å². The Bertz CT molecular complexity index is 479. The van der Waals surface area contributed by atoms with Gasteiger partial charge in [0.15, 0.2) is 0 Å². The maximum atomic E-state index is 6.17. The second-order valence-corrected chi connectivity index (χ2v) is 3.62. The molecule has 0 bridgehead atoms. The maximum Gasteiger partial charge on any atom is 0.130 e. The molecule has 0 fully saturated rings. The van der Waals surface area contributed by atoms with Crippen molar-refractivity contribution in [3.8, 4) is 5.75 Å². The lowest BCUT2D eigenvalue weighted by Crippen LogP contribution is -2.17. The van der Waals surface area contributed by atoms with Crippen molar-refractivity contribution in [3.63, 3.8) is 0 Å². The fourth-order valence-electron chi connectivity index (χ4n) is 1.74. The zero-order valence-electron chi connectivity index (χ0n) is 9.42. The SMILES string of the molecule is COc1ccccc1C(N)c1nccn1C. The van der Waals surface area contributed by atoms with E-state index < -0.39 is 0 Å². The normalized spacial score (nSPS) is 12.4. The minimum Gasteiger partial charge on any atom is -0.496 e. The van der Waals surface area contributed by atoms with Crippen LogP contribution in [0.5, 0.6) is 5.75 Å². The average Bonchev–Trinajstić information content (AvgIpc) is 2.74. The van der Waals surface area contributed by atoms with E-state index in [4.69, 9.17) is 10.5 Å². The summed E-state index contributed by atoms with van der Waals surface area (Å²) in [4.78, 5) is 4.25. The van der Waals surface area contributed by atoms with Gasteiger partial charge in [0.05, 0.1) is 13.2 Å². The number of hydrogen-bond acceptors (Lipinski definition) is 3. The Kier molecular flexibility index (Phi) is 2.92. The number of aromatic nitrogens is 2. The number of benzene rings is 1. The third-order valence-electron chi connectivity index (χ3n) is 2.61. The van der Waals surface area contributed by atoms with Gasteiger partial charge < -0.3 is 15.0 Å². The highest BCUT2D eigenvalue weighted by Crippen LogP contribution is 2.26. The summed E-state index contributed by atoms with van der Waals surface area (Å²) in [5.41, 5.74) is 7.12. The molecule has 0 spiro atoms. The van der Waals surface area contributed by atoms with Gasteiger partial charge in [-0.05, 0) is 6.07 Å². The van der Waals surface area contributed by atoms with Gasteiger partial charge in [-0.3, -0.25) is 0 Å². The smallest absolute Gasteiger partial charge is 0.130 e. The lowest BCUT2D eigenvalue weighted by Gasteiger charge is -2.15. The number of ether oxygens (including phenoxy) is 1. The minimum atomic E-state index is -0.267. The molecule has 1 atom stereocenters. The number of aryl methyl sites for hydroxylation is 1. The quantitative estimate of drug-likeness (QED) is 0.847. The molecule has 0 amide bonds. The molecule has 84 valence electrons. The van der Waals surface area contributed by atoms with E-state index in [-0.39, 0.29) is 6.04 Å². The molecule has 2 rings (SSSR count). The third-order valence-corrected chi connectivity index (χ3v) is 2.61. The highest BCUT2D eigenvalue weighted by atomic mass is 16.5. The van der Waals surface area contributed by atoms with Crippen molar-refractivity contribution in [1.82, 2.24) is 9.55 Å². The Morgan fingerprint density at radius 3 is 2.75 bits per heavy atom. The van der Waals surface area contributed by atoms with Gasteiger partial charge >= 0.3 is 0 Å². The largest absolute Gasteiger partial charge is 0.496 e. The van der Waals surface area contributed by atoms with Crippen LogP contribution < -0.4 is 10.5 Å². The van der Waals surface area contributed by atoms with Gasteiger partial charge in [0.1, 0.15) is 11.6 Å². The second kappa shape index (κ2) is 4.37. The fraction of sp³-hybridized carbons (Fsp3) is 0.250. The first-order valence-electron chi connectivity index (χ1n) is 5.09. The third kappa shape index (κ3) is 1.79. The molecule has 1 aromatic carbocycles. The first kappa shape index (κ1) is 10.7. The Hall–Kier alpha value is -1.81. The number of rotatable bonds is 3. The van der Waals surface area contributed by atoms with Gasteiger partial charge in [-0.25, -0.2) is 4.98 Å². The van der Waals surface area contributed by atoms with Crippen molar-refractivity contribution in [2.24, 2.45) is 12.8 Å². The van der Waals surface area contributed by atoms with Crippen LogP contribution >= 0.6 is 0 Å². The molecular formula is C12H15N3O. The molecular weight excluding hydrogens is 202 g/mol. The Labute approximate surface area is 94.7 Å². The summed E-state index contributed by atoms with van der Waals surface area (Å²) < 4.78 is 7.20. The Morgan fingerprint density at radius 1 is 1.38 bits per heavy atom. The number of methoxy groups -OCH3 is 1. The van der Waals surface area contributed by atoms with Crippen molar-refractivity contribution in [2.45, 2.75) is 6.04 Å². The van der Waals surface area contributed by atoms with Gasteiger partial charge in [-0.15, -0.1) is 0 Å².